The largest absolute Gasteiger partial charge is 0.345 e. The van der Waals surface area contributed by atoms with Crippen LogP contribution in [0.5, 0.6) is 0 Å². The molecule has 1 N–H and O–H groups in total. The van der Waals surface area contributed by atoms with E-state index in [0.717, 1.165) is 27.3 Å². The maximum Gasteiger partial charge on any atom is 0.273 e. The number of hydrogen-bond donors (Lipinski definition) is 1. The van der Waals surface area contributed by atoms with E-state index in [2.05, 4.69) is 27.6 Å². The molecule has 0 unspecified atom stereocenters. The molecule has 0 radical (unpaired) electrons. The van der Waals surface area contributed by atoms with Crippen molar-refractivity contribution in [3.8, 4) is 0 Å². The van der Waals surface area contributed by atoms with E-state index in [1.54, 1.807) is 29.3 Å². The van der Waals surface area contributed by atoms with Crippen molar-refractivity contribution in [2.24, 2.45) is 5.10 Å². The summed E-state index contributed by atoms with van der Waals surface area (Å²) in [6.45, 7) is 4.16. The molecule has 0 fully saturated rings. The van der Waals surface area contributed by atoms with E-state index in [4.69, 9.17) is 5.10 Å². The van der Waals surface area contributed by atoms with Crippen LogP contribution in [-0.4, -0.2) is 48.0 Å². The van der Waals surface area contributed by atoms with Crippen LogP contribution in [0.1, 0.15) is 55.8 Å². The van der Waals surface area contributed by atoms with Crippen LogP contribution in [0.15, 0.2) is 101 Å². The van der Waals surface area contributed by atoms with Gasteiger partial charge in [0.2, 0.25) is 0 Å². The quantitative estimate of drug-likeness (QED) is 0.0903. The Hall–Kier alpha value is -5.14. The third-order valence-electron chi connectivity index (χ3n) is 8.17. The van der Waals surface area contributed by atoms with Crippen LogP contribution in [0, 0.1) is 24.0 Å². The lowest BCUT2D eigenvalue weighted by Crippen LogP contribution is -2.29. The molecule has 244 valence electrons. The molecule has 0 aliphatic carbocycles. The molecule has 2 amide bonds. The molecule has 2 aromatic heterocycles. The molecule has 11 nitrogen and oxygen atoms in total. The number of thiophene rings is 1. The third-order valence-corrected chi connectivity index (χ3v) is 10.0. The van der Waals surface area contributed by atoms with Crippen LogP contribution in [0.4, 0.5) is 5.69 Å². The Kier molecular flexibility index (Phi) is 10.1. The minimum atomic E-state index is -0.503. The van der Waals surface area contributed by atoms with Gasteiger partial charge in [0.1, 0.15) is 0 Å². The summed E-state index contributed by atoms with van der Waals surface area (Å²) < 4.78 is 1.91. The van der Waals surface area contributed by atoms with Gasteiger partial charge in [-0.15, -0.1) is 21.5 Å². The predicted molar refractivity (Wildman–Crippen MR) is 186 cm³/mol. The summed E-state index contributed by atoms with van der Waals surface area (Å²) in [6.07, 6.45) is 1.31. The minimum absolute atomic E-state index is 0.0490. The van der Waals surface area contributed by atoms with Crippen molar-refractivity contribution >= 4 is 46.3 Å². The molecule has 5 aromatic rings. The lowest BCUT2D eigenvalue weighted by atomic mass is 10.00. The first kappa shape index (κ1) is 32.8. The van der Waals surface area contributed by atoms with Crippen LogP contribution in [0.2, 0.25) is 0 Å². The fourth-order valence-corrected chi connectivity index (χ4v) is 7.12. The van der Waals surface area contributed by atoms with E-state index in [-0.39, 0.29) is 41.1 Å². The Bertz CT molecular complexity index is 1960. The molecule has 48 heavy (non-hydrogen) atoms. The number of nitro benzene ring substituents is 1. The zero-order valence-electron chi connectivity index (χ0n) is 26.4. The summed E-state index contributed by atoms with van der Waals surface area (Å²) in [4.78, 5) is 38.8. The maximum atomic E-state index is 13.8. The van der Waals surface area contributed by atoms with E-state index in [0.29, 0.717) is 30.4 Å². The van der Waals surface area contributed by atoms with Crippen LogP contribution in [-0.2, 0) is 24.3 Å². The van der Waals surface area contributed by atoms with Gasteiger partial charge in [0.15, 0.2) is 11.0 Å². The van der Waals surface area contributed by atoms with Crippen LogP contribution >= 0.6 is 23.1 Å². The highest BCUT2D eigenvalue weighted by Gasteiger charge is 2.33. The number of rotatable bonds is 12. The number of aryl methyl sites for hydroxylation is 2. The number of nitrogens with one attached hydrogen (secondary N) is 1. The van der Waals surface area contributed by atoms with Crippen molar-refractivity contribution in [2.75, 3.05) is 5.75 Å². The number of hydrogen-bond acceptors (Lipinski definition) is 9. The first-order valence-electron chi connectivity index (χ1n) is 15.4. The molecule has 0 saturated carbocycles. The van der Waals surface area contributed by atoms with E-state index >= 15 is 0 Å². The molecular weight excluding hydrogens is 647 g/mol. The number of amides is 2. The summed E-state index contributed by atoms with van der Waals surface area (Å²) in [6, 6.07) is 26.4. The molecule has 0 saturated heterocycles. The Morgan fingerprint density at radius 2 is 1.79 bits per heavy atom. The highest BCUT2D eigenvalue weighted by Crippen LogP contribution is 2.35. The van der Waals surface area contributed by atoms with Crippen LogP contribution in [0.25, 0.3) is 0 Å². The highest BCUT2D eigenvalue weighted by atomic mass is 32.2. The molecular formula is C35H33N7O4S2. The SMILES string of the molecule is Cc1ccc([C@H]2CC(c3cccs3)=NN2C(=O)CSc2nnc(CNC(=O)c3cccc([N+](=O)[O-])c3C)n2CCc2ccccc2)cc1. The second-order valence-electron chi connectivity index (χ2n) is 11.4. The van der Waals surface area contributed by atoms with Gasteiger partial charge in [-0.25, -0.2) is 5.01 Å². The Labute approximate surface area is 285 Å². The number of nitrogens with zero attached hydrogens (tertiary/aromatic N) is 6. The zero-order chi connectivity index (χ0) is 33.6. The second-order valence-corrected chi connectivity index (χ2v) is 13.2. The van der Waals surface area contributed by atoms with Crippen molar-refractivity contribution in [1.29, 1.82) is 0 Å². The normalized spacial score (nSPS) is 14.2. The van der Waals surface area contributed by atoms with Gasteiger partial charge >= 0.3 is 0 Å². The summed E-state index contributed by atoms with van der Waals surface area (Å²) in [5.41, 5.74) is 4.56. The monoisotopic (exact) mass is 679 g/mol. The molecule has 3 aromatic carbocycles. The van der Waals surface area contributed by atoms with Crippen LogP contribution < -0.4 is 5.32 Å². The number of hydrazone groups is 1. The number of nitro groups is 1. The molecule has 0 spiro atoms. The van der Waals surface area contributed by atoms with E-state index in [9.17, 15) is 19.7 Å². The third kappa shape index (κ3) is 7.37. The molecule has 3 heterocycles. The zero-order valence-corrected chi connectivity index (χ0v) is 28.0. The summed E-state index contributed by atoms with van der Waals surface area (Å²) in [5.74, 6) is 0.000256. The molecule has 0 bridgehead atoms. The predicted octanol–water partition coefficient (Wildman–Crippen LogP) is 6.51. The van der Waals surface area contributed by atoms with Crippen molar-refractivity contribution < 1.29 is 14.5 Å². The van der Waals surface area contributed by atoms with Gasteiger partial charge in [-0.3, -0.25) is 19.7 Å². The standard InChI is InChI=1S/C35H33N7O4S2/c1-23-13-15-26(16-14-23)30-20-28(31-12-7-19-47-31)39-41(30)33(43)22-48-35-38-37-32(40(35)18-17-25-8-4-3-5-9-25)21-36-34(44)27-10-6-11-29(24(27)2)42(45)46/h3-16,19,30H,17-18,20-22H2,1-2H3,(H,36,44)/t30-/m1/s1. The lowest BCUT2D eigenvalue weighted by Gasteiger charge is -2.22. The highest BCUT2D eigenvalue weighted by molar-refractivity contribution is 7.99. The van der Waals surface area contributed by atoms with Gasteiger partial charge in [-0.05, 0) is 48.9 Å². The molecule has 13 heteroatoms. The van der Waals surface area contributed by atoms with Gasteiger partial charge < -0.3 is 9.88 Å². The van der Waals surface area contributed by atoms with Gasteiger partial charge in [0, 0.05) is 30.2 Å². The first-order chi connectivity index (χ1) is 23.3. The topological polar surface area (TPSA) is 136 Å². The smallest absolute Gasteiger partial charge is 0.273 e. The summed E-state index contributed by atoms with van der Waals surface area (Å²) >= 11 is 2.88. The van der Waals surface area contributed by atoms with Gasteiger partial charge in [-0.2, -0.15) is 5.10 Å². The van der Waals surface area contributed by atoms with Crippen molar-refractivity contribution in [3.05, 3.63) is 139 Å². The van der Waals surface area contributed by atoms with Crippen molar-refractivity contribution in [3.63, 3.8) is 0 Å². The average Bonchev–Trinajstić information content (AvgIpc) is 3.86. The fourth-order valence-electron chi connectivity index (χ4n) is 5.56. The number of benzene rings is 3. The summed E-state index contributed by atoms with van der Waals surface area (Å²) in [5, 5.41) is 32.0. The summed E-state index contributed by atoms with van der Waals surface area (Å²) in [7, 11) is 0. The van der Waals surface area contributed by atoms with E-state index in [1.165, 1.54) is 23.9 Å². The lowest BCUT2D eigenvalue weighted by molar-refractivity contribution is -0.385. The second kappa shape index (κ2) is 14.7. The first-order valence-corrected chi connectivity index (χ1v) is 17.3. The van der Waals surface area contributed by atoms with Crippen molar-refractivity contribution in [1.82, 2.24) is 25.1 Å². The maximum absolute atomic E-state index is 13.8. The van der Waals surface area contributed by atoms with Crippen LogP contribution in [0.3, 0.4) is 0 Å². The van der Waals surface area contributed by atoms with Gasteiger partial charge in [-0.1, -0.05) is 84.1 Å². The molecule has 6 rings (SSSR count). The van der Waals surface area contributed by atoms with E-state index < -0.39 is 10.8 Å². The van der Waals surface area contributed by atoms with E-state index in [1.807, 2.05) is 71.5 Å². The molecule has 1 aliphatic rings. The van der Waals surface area contributed by atoms with Gasteiger partial charge in [0.25, 0.3) is 17.5 Å². The molecule has 1 atom stereocenters. The molecule has 1 aliphatic heterocycles. The van der Waals surface area contributed by atoms with Crippen molar-refractivity contribution in [2.45, 2.75) is 51.0 Å². The number of aromatic nitrogens is 3. The number of carbonyl (C=O) groups is 2. The fraction of sp³-hybridized carbons (Fsp3) is 0.229. The van der Waals surface area contributed by atoms with Gasteiger partial charge in [0.05, 0.1) is 33.9 Å². The number of carbonyl (C=O) groups excluding carboxylic acids is 2. The minimum Gasteiger partial charge on any atom is -0.345 e. The average molecular weight is 680 g/mol. The number of thioether (sulfide) groups is 1. The Morgan fingerprint density at radius 3 is 2.52 bits per heavy atom. The Balaban J connectivity index is 1.20. The Morgan fingerprint density at radius 1 is 1.00 bits per heavy atom.